The number of nitrogens with one attached hydrogen (secondary N) is 1. The first kappa shape index (κ1) is 30.6. The van der Waals surface area contributed by atoms with Crippen LogP contribution in [0.5, 0.6) is 0 Å². The van der Waals surface area contributed by atoms with Gasteiger partial charge < -0.3 is 24.3 Å². The van der Waals surface area contributed by atoms with Gasteiger partial charge in [0.1, 0.15) is 6.61 Å². The van der Waals surface area contributed by atoms with E-state index in [1.807, 2.05) is 20.8 Å². The fraction of sp³-hybridized carbons (Fsp3) is 0.667. The summed E-state index contributed by atoms with van der Waals surface area (Å²) in [5.41, 5.74) is 1.92. The summed E-state index contributed by atoms with van der Waals surface area (Å²) in [6, 6.07) is 8.01. The molecule has 1 N–H and O–H groups in total. The SMILES string of the molecule is [C-]#[N+]C(=CC(C)(C)C)C(=O)N1CCC[C@@H]1COC(=O)N[C@@H](Cc1ccc(C)cc1)B1O[C@@H]2C[C@@H]3C[C@@H](C3(C)C)[C@]2(C)O1. The Morgan fingerprint density at radius 2 is 1.95 bits per heavy atom. The van der Waals surface area contributed by atoms with Gasteiger partial charge in [-0.3, -0.25) is 4.79 Å². The summed E-state index contributed by atoms with van der Waals surface area (Å²) in [6.45, 7) is 22.9. The fourth-order valence-corrected chi connectivity index (χ4v) is 7.60. The second-order valence-electron chi connectivity index (χ2n) is 14.7. The number of alkyl carbamates (subject to hydrolysis) is 1. The molecule has 0 unspecified atom stereocenters. The number of amides is 2. The lowest BCUT2D eigenvalue weighted by atomic mass is 9.43. The quantitative estimate of drug-likeness (QED) is 0.255. The van der Waals surface area contributed by atoms with Gasteiger partial charge >= 0.3 is 13.2 Å². The number of likely N-dealkylation sites (tertiary alicyclic amines) is 1. The Bertz CT molecular complexity index is 1270. The van der Waals surface area contributed by atoms with Crippen molar-refractivity contribution in [3.05, 3.63) is 58.6 Å². The van der Waals surface area contributed by atoms with E-state index >= 15 is 0 Å². The van der Waals surface area contributed by atoms with Gasteiger partial charge in [0.05, 0.1) is 30.3 Å². The van der Waals surface area contributed by atoms with E-state index in [0.717, 1.165) is 31.2 Å². The zero-order valence-electron chi connectivity index (χ0n) is 26.2. The van der Waals surface area contributed by atoms with Crippen molar-refractivity contribution >= 4 is 19.1 Å². The highest BCUT2D eigenvalue weighted by Crippen LogP contribution is 2.65. The summed E-state index contributed by atoms with van der Waals surface area (Å²) < 4.78 is 19.0. The first-order valence-corrected chi connectivity index (χ1v) is 15.4. The first-order chi connectivity index (χ1) is 19.7. The normalized spacial score (nSPS) is 30.7. The molecule has 2 amide bonds. The van der Waals surface area contributed by atoms with Gasteiger partial charge in [-0.2, -0.15) is 0 Å². The molecular weight excluding hydrogens is 529 g/mol. The van der Waals surface area contributed by atoms with Crippen molar-refractivity contribution in [3.63, 3.8) is 0 Å². The van der Waals surface area contributed by atoms with E-state index in [0.29, 0.717) is 24.8 Å². The van der Waals surface area contributed by atoms with Gasteiger partial charge in [0.15, 0.2) is 0 Å². The molecule has 5 aliphatic rings. The van der Waals surface area contributed by atoms with E-state index in [1.54, 1.807) is 11.0 Å². The van der Waals surface area contributed by atoms with Crippen LogP contribution in [-0.4, -0.2) is 60.9 Å². The molecular formula is C33H46BN3O5. The Kier molecular flexibility index (Phi) is 8.28. The molecule has 2 bridgehead atoms. The van der Waals surface area contributed by atoms with E-state index < -0.39 is 19.2 Å². The van der Waals surface area contributed by atoms with Crippen LogP contribution in [0.3, 0.4) is 0 Å². The molecule has 0 radical (unpaired) electrons. The number of aryl methyl sites for hydroxylation is 1. The summed E-state index contributed by atoms with van der Waals surface area (Å²) in [5.74, 6) is 0.320. The molecule has 3 aliphatic carbocycles. The van der Waals surface area contributed by atoms with Crippen molar-refractivity contribution < 1.29 is 23.6 Å². The van der Waals surface area contributed by atoms with Crippen LogP contribution in [-0.2, 0) is 25.3 Å². The van der Waals surface area contributed by atoms with E-state index in [9.17, 15) is 9.59 Å². The lowest BCUT2D eigenvalue weighted by molar-refractivity contribution is -0.199. The highest BCUT2D eigenvalue weighted by molar-refractivity contribution is 6.47. The van der Waals surface area contributed by atoms with Crippen molar-refractivity contribution in [2.24, 2.45) is 22.7 Å². The third-order valence-corrected chi connectivity index (χ3v) is 10.1. The summed E-state index contributed by atoms with van der Waals surface area (Å²) >= 11 is 0. The monoisotopic (exact) mass is 575 g/mol. The third kappa shape index (κ3) is 5.98. The molecule has 6 atom stereocenters. The molecule has 5 fully saturated rings. The van der Waals surface area contributed by atoms with Crippen LogP contribution in [0.2, 0.25) is 0 Å². The van der Waals surface area contributed by atoms with Crippen molar-refractivity contribution in [3.8, 4) is 0 Å². The first-order valence-electron chi connectivity index (χ1n) is 15.4. The highest BCUT2D eigenvalue weighted by Gasteiger charge is 2.68. The van der Waals surface area contributed by atoms with Crippen LogP contribution in [0, 0.1) is 36.2 Å². The Hall–Kier alpha value is -2.83. The van der Waals surface area contributed by atoms with Crippen LogP contribution >= 0.6 is 0 Å². The van der Waals surface area contributed by atoms with Gasteiger partial charge in [-0.15, -0.1) is 0 Å². The average Bonchev–Trinajstić information content (AvgIpc) is 3.54. The molecule has 9 heteroatoms. The van der Waals surface area contributed by atoms with Crippen molar-refractivity contribution in [1.82, 2.24) is 10.2 Å². The number of allylic oxidation sites excluding steroid dienone is 1. The predicted molar refractivity (Wildman–Crippen MR) is 162 cm³/mol. The molecule has 6 rings (SSSR count). The van der Waals surface area contributed by atoms with E-state index in [2.05, 4.69) is 62.1 Å². The van der Waals surface area contributed by atoms with Gasteiger partial charge in [-0.25, -0.2) is 9.64 Å². The minimum atomic E-state index is -0.586. The lowest BCUT2D eigenvalue weighted by Gasteiger charge is -2.64. The predicted octanol–water partition coefficient (Wildman–Crippen LogP) is 5.74. The standard InChI is InChI=1S/C33H46BN3O5/c1-21-11-13-22(14-12-21)16-28(34-41-27-18-23-17-26(32(23,5)6)33(27,7)42-34)36-30(39)40-20-24-10-9-15-37(24)29(38)25(35-8)19-31(2,3)4/h11-14,19,23-24,26-28H,9-10,15-18,20H2,1-7H3,(H,36,39)/t23-,24+,26-,27+,28-,33-/m0/s1. The number of carbonyl (C=O) groups excluding carboxylic acids is 2. The number of hydrogen-bond donors (Lipinski definition) is 1. The van der Waals surface area contributed by atoms with Gasteiger partial charge in [0.25, 0.3) is 5.91 Å². The molecule has 42 heavy (non-hydrogen) atoms. The fourth-order valence-electron chi connectivity index (χ4n) is 7.60. The van der Waals surface area contributed by atoms with Crippen molar-refractivity contribution in [2.45, 2.75) is 104 Å². The Morgan fingerprint density at radius 3 is 2.60 bits per heavy atom. The molecule has 2 aliphatic heterocycles. The van der Waals surface area contributed by atoms with Gasteiger partial charge in [0.2, 0.25) is 5.70 Å². The molecule has 226 valence electrons. The number of benzene rings is 1. The zero-order valence-corrected chi connectivity index (χ0v) is 26.2. The summed E-state index contributed by atoms with van der Waals surface area (Å²) in [5, 5.41) is 3.06. The number of nitrogens with zero attached hydrogens (tertiary/aromatic N) is 2. The van der Waals surface area contributed by atoms with Crippen LogP contribution in [0.4, 0.5) is 4.79 Å². The molecule has 0 aromatic heterocycles. The maximum absolute atomic E-state index is 13.2. The second kappa shape index (κ2) is 11.4. The maximum atomic E-state index is 13.2. The van der Waals surface area contributed by atoms with Gasteiger partial charge in [-0.1, -0.05) is 70.5 Å². The third-order valence-electron chi connectivity index (χ3n) is 10.1. The van der Waals surface area contributed by atoms with Crippen LogP contribution in [0.15, 0.2) is 36.0 Å². The number of hydrogen-bond acceptors (Lipinski definition) is 5. The lowest BCUT2D eigenvalue weighted by Crippen LogP contribution is -2.65. The molecule has 2 heterocycles. The minimum absolute atomic E-state index is 0.00784. The number of ether oxygens (including phenoxy) is 1. The van der Waals surface area contributed by atoms with E-state index in [-0.39, 0.29) is 46.8 Å². The average molecular weight is 576 g/mol. The smallest absolute Gasteiger partial charge is 0.447 e. The molecule has 2 saturated heterocycles. The molecule has 1 aromatic carbocycles. The molecule has 8 nitrogen and oxygen atoms in total. The number of rotatable bonds is 7. The summed E-state index contributed by atoms with van der Waals surface area (Å²) in [6.07, 6.45) is 5.37. The topological polar surface area (TPSA) is 81.5 Å². The van der Waals surface area contributed by atoms with Crippen molar-refractivity contribution in [1.29, 1.82) is 0 Å². The minimum Gasteiger partial charge on any atom is -0.447 e. The van der Waals surface area contributed by atoms with Crippen LogP contribution < -0.4 is 5.32 Å². The maximum Gasteiger partial charge on any atom is 0.482 e. The number of carbonyl (C=O) groups is 2. The summed E-state index contributed by atoms with van der Waals surface area (Å²) in [4.78, 5) is 31.6. The Labute approximate surface area is 251 Å². The molecule has 3 saturated carbocycles. The molecule has 0 spiro atoms. The van der Waals surface area contributed by atoms with E-state index in [4.69, 9.17) is 20.6 Å². The summed E-state index contributed by atoms with van der Waals surface area (Å²) in [7, 11) is -0.586. The highest BCUT2D eigenvalue weighted by atomic mass is 16.7. The largest absolute Gasteiger partial charge is 0.482 e. The Balaban J connectivity index is 1.26. The van der Waals surface area contributed by atoms with Crippen molar-refractivity contribution in [2.75, 3.05) is 13.2 Å². The molecule has 1 aromatic rings. The second-order valence-corrected chi connectivity index (χ2v) is 14.7. The zero-order chi connectivity index (χ0) is 30.4. The van der Waals surface area contributed by atoms with Gasteiger partial charge in [0, 0.05) is 6.54 Å². The van der Waals surface area contributed by atoms with E-state index in [1.165, 1.54) is 5.56 Å². The van der Waals surface area contributed by atoms with Crippen LogP contribution in [0.1, 0.15) is 78.4 Å². The Morgan fingerprint density at radius 1 is 1.24 bits per heavy atom. The van der Waals surface area contributed by atoms with Gasteiger partial charge in [-0.05, 0) is 74.2 Å². The van der Waals surface area contributed by atoms with Crippen LogP contribution in [0.25, 0.3) is 4.85 Å².